The number of nitrogens with one attached hydrogen (secondary N) is 1. The first-order valence-electron chi connectivity index (χ1n) is 9.12. The van der Waals surface area contributed by atoms with E-state index >= 15 is 0 Å². The van der Waals surface area contributed by atoms with E-state index in [9.17, 15) is 4.79 Å². The van der Waals surface area contributed by atoms with Crippen LogP contribution in [0.25, 0.3) is 0 Å². The van der Waals surface area contributed by atoms with Crippen molar-refractivity contribution in [1.29, 1.82) is 0 Å². The van der Waals surface area contributed by atoms with Gasteiger partial charge in [0, 0.05) is 42.4 Å². The first kappa shape index (κ1) is 17.5. The van der Waals surface area contributed by atoms with Crippen molar-refractivity contribution < 1.29 is 14.1 Å². The molecule has 1 aliphatic heterocycles. The van der Waals surface area contributed by atoms with Gasteiger partial charge in [-0.2, -0.15) is 0 Å². The summed E-state index contributed by atoms with van der Waals surface area (Å²) in [7, 11) is 0. The average Bonchev–Trinajstić information content (AvgIpc) is 3.23. The van der Waals surface area contributed by atoms with Gasteiger partial charge in [-0.3, -0.25) is 4.79 Å². The van der Waals surface area contributed by atoms with Gasteiger partial charge in [-0.05, 0) is 26.7 Å². The van der Waals surface area contributed by atoms with Crippen LogP contribution in [0.1, 0.15) is 34.0 Å². The molecule has 7 nitrogen and oxygen atoms in total. The number of rotatable bonds is 4. The number of morpholine rings is 1. The summed E-state index contributed by atoms with van der Waals surface area (Å²) in [6.07, 6.45) is 2.54. The zero-order valence-corrected chi connectivity index (χ0v) is 16.0. The van der Waals surface area contributed by atoms with Gasteiger partial charge in [-0.15, -0.1) is 11.3 Å². The van der Waals surface area contributed by atoms with Gasteiger partial charge in [0.1, 0.15) is 5.76 Å². The van der Waals surface area contributed by atoms with E-state index < -0.39 is 0 Å². The van der Waals surface area contributed by atoms with Gasteiger partial charge in [0.2, 0.25) is 5.91 Å². The second-order valence-electron chi connectivity index (χ2n) is 6.93. The van der Waals surface area contributed by atoms with Crippen LogP contribution in [0.2, 0.25) is 0 Å². The molecule has 0 saturated carbocycles. The van der Waals surface area contributed by atoms with Crippen molar-refractivity contribution >= 4 is 22.4 Å². The Hall–Kier alpha value is -1.93. The first-order valence-corrected chi connectivity index (χ1v) is 9.94. The van der Waals surface area contributed by atoms with Crippen molar-refractivity contribution in [2.24, 2.45) is 5.92 Å². The smallest absolute Gasteiger partial charge is 0.223 e. The number of nitrogens with zero attached hydrogens (tertiary/aromatic N) is 3. The molecule has 140 valence electrons. The molecule has 0 aromatic carbocycles. The van der Waals surface area contributed by atoms with Crippen LogP contribution in [0.3, 0.4) is 0 Å². The Labute approximate surface area is 156 Å². The third kappa shape index (κ3) is 3.48. The molecule has 1 N–H and O–H groups in total. The normalized spacial score (nSPS) is 20.1. The molecule has 26 heavy (non-hydrogen) atoms. The fourth-order valence-electron chi connectivity index (χ4n) is 3.55. The number of anilines is 1. The molecule has 1 amide bonds. The second kappa shape index (κ2) is 7.36. The minimum absolute atomic E-state index is 0.0115. The molecular formula is C18H24N4O3S. The monoisotopic (exact) mass is 376 g/mol. The predicted molar refractivity (Wildman–Crippen MR) is 98.5 cm³/mol. The lowest BCUT2D eigenvalue weighted by molar-refractivity contribution is -0.125. The molecule has 2 aromatic rings. The molecule has 1 fully saturated rings. The molecule has 2 aromatic heterocycles. The van der Waals surface area contributed by atoms with Gasteiger partial charge < -0.3 is 19.5 Å². The first-order chi connectivity index (χ1) is 12.6. The number of amides is 1. The standard InChI is InChI=1S/C18H24N4O3S/c1-11-14(12(2)25-21-11)10-19-17(23)13-3-4-16-15(9-13)20-18(26-16)22-5-7-24-8-6-22/h13H,3-10H2,1-2H3,(H,19,23). The minimum atomic E-state index is -0.0115. The largest absolute Gasteiger partial charge is 0.378 e. The summed E-state index contributed by atoms with van der Waals surface area (Å²) in [6, 6.07) is 0. The molecule has 0 bridgehead atoms. The average molecular weight is 376 g/mol. The Morgan fingerprint density at radius 1 is 1.35 bits per heavy atom. The number of aryl methyl sites for hydroxylation is 3. The highest BCUT2D eigenvalue weighted by Gasteiger charge is 2.29. The lowest BCUT2D eigenvalue weighted by Gasteiger charge is -2.26. The lowest BCUT2D eigenvalue weighted by Crippen LogP contribution is -2.36. The summed E-state index contributed by atoms with van der Waals surface area (Å²) in [5.74, 6) is 0.850. The fourth-order valence-corrected chi connectivity index (χ4v) is 4.71. The molecule has 3 heterocycles. The highest BCUT2D eigenvalue weighted by Crippen LogP contribution is 2.34. The number of carbonyl (C=O) groups is 1. The molecular weight excluding hydrogens is 352 g/mol. The van der Waals surface area contributed by atoms with Gasteiger partial charge >= 0.3 is 0 Å². The van der Waals surface area contributed by atoms with E-state index in [4.69, 9.17) is 14.2 Å². The SMILES string of the molecule is Cc1noc(C)c1CNC(=O)C1CCc2sc(N3CCOCC3)nc2C1. The Bertz CT molecular complexity index is 775. The van der Waals surface area contributed by atoms with Crippen LogP contribution in [-0.2, 0) is 28.9 Å². The van der Waals surface area contributed by atoms with Gasteiger partial charge in [-0.1, -0.05) is 5.16 Å². The number of aromatic nitrogens is 2. The van der Waals surface area contributed by atoms with Crippen molar-refractivity contribution in [2.45, 2.75) is 39.7 Å². The van der Waals surface area contributed by atoms with Crippen molar-refractivity contribution in [3.8, 4) is 0 Å². The molecule has 2 aliphatic rings. The molecule has 1 atom stereocenters. The van der Waals surface area contributed by atoms with Gasteiger partial charge in [-0.25, -0.2) is 4.98 Å². The Kier molecular flexibility index (Phi) is 4.95. The molecule has 4 rings (SSSR count). The summed E-state index contributed by atoms with van der Waals surface area (Å²) in [6.45, 7) is 7.55. The Balaban J connectivity index is 1.38. The van der Waals surface area contributed by atoms with E-state index in [0.29, 0.717) is 6.54 Å². The predicted octanol–water partition coefficient (Wildman–Crippen LogP) is 2.01. The summed E-state index contributed by atoms with van der Waals surface area (Å²) >= 11 is 1.78. The Morgan fingerprint density at radius 2 is 2.15 bits per heavy atom. The topological polar surface area (TPSA) is 80.5 Å². The maximum absolute atomic E-state index is 12.6. The zero-order chi connectivity index (χ0) is 18.1. The van der Waals surface area contributed by atoms with E-state index in [1.54, 1.807) is 11.3 Å². The van der Waals surface area contributed by atoms with Crippen molar-refractivity contribution in [3.05, 3.63) is 27.6 Å². The van der Waals surface area contributed by atoms with Gasteiger partial charge in [0.25, 0.3) is 0 Å². The lowest BCUT2D eigenvalue weighted by atomic mass is 9.90. The number of ether oxygens (including phenoxy) is 1. The zero-order valence-electron chi connectivity index (χ0n) is 15.2. The van der Waals surface area contributed by atoms with Crippen LogP contribution < -0.4 is 10.2 Å². The maximum atomic E-state index is 12.6. The van der Waals surface area contributed by atoms with Crippen molar-refractivity contribution in [2.75, 3.05) is 31.2 Å². The molecule has 1 aliphatic carbocycles. The van der Waals surface area contributed by atoms with E-state index in [0.717, 1.165) is 73.4 Å². The third-order valence-electron chi connectivity index (χ3n) is 5.20. The quantitative estimate of drug-likeness (QED) is 0.879. The van der Waals surface area contributed by atoms with Crippen LogP contribution >= 0.6 is 11.3 Å². The molecule has 1 unspecified atom stereocenters. The van der Waals surface area contributed by atoms with Crippen LogP contribution in [0.15, 0.2) is 4.52 Å². The summed E-state index contributed by atoms with van der Waals surface area (Å²) < 4.78 is 10.6. The maximum Gasteiger partial charge on any atom is 0.223 e. The van der Waals surface area contributed by atoms with E-state index in [2.05, 4.69) is 15.4 Å². The van der Waals surface area contributed by atoms with Crippen LogP contribution in [0, 0.1) is 19.8 Å². The fraction of sp³-hybridized carbons (Fsp3) is 0.611. The number of hydrogen-bond donors (Lipinski definition) is 1. The number of fused-ring (bicyclic) bond motifs is 1. The van der Waals surface area contributed by atoms with E-state index in [-0.39, 0.29) is 11.8 Å². The summed E-state index contributed by atoms with van der Waals surface area (Å²) in [5.41, 5.74) is 2.90. The third-order valence-corrected chi connectivity index (χ3v) is 6.42. The second-order valence-corrected chi connectivity index (χ2v) is 7.99. The molecule has 8 heteroatoms. The van der Waals surface area contributed by atoms with Gasteiger partial charge in [0.15, 0.2) is 5.13 Å². The van der Waals surface area contributed by atoms with E-state index in [1.165, 1.54) is 4.88 Å². The van der Waals surface area contributed by atoms with Crippen LogP contribution in [-0.4, -0.2) is 42.4 Å². The summed E-state index contributed by atoms with van der Waals surface area (Å²) in [4.78, 5) is 21.1. The molecule has 0 radical (unpaired) electrons. The van der Waals surface area contributed by atoms with E-state index in [1.807, 2.05) is 13.8 Å². The van der Waals surface area contributed by atoms with Gasteiger partial charge in [0.05, 0.1) is 24.6 Å². The Morgan fingerprint density at radius 3 is 2.88 bits per heavy atom. The highest BCUT2D eigenvalue weighted by atomic mass is 32.1. The number of hydrogen-bond acceptors (Lipinski definition) is 7. The summed E-state index contributed by atoms with van der Waals surface area (Å²) in [5, 5.41) is 8.06. The molecule has 0 spiro atoms. The minimum Gasteiger partial charge on any atom is -0.378 e. The number of carbonyl (C=O) groups excluding carboxylic acids is 1. The molecule has 1 saturated heterocycles. The van der Waals surface area contributed by atoms with Crippen molar-refractivity contribution in [1.82, 2.24) is 15.5 Å². The van der Waals surface area contributed by atoms with Crippen LogP contribution in [0.5, 0.6) is 0 Å². The number of thiazole rings is 1. The van der Waals surface area contributed by atoms with Crippen molar-refractivity contribution in [3.63, 3.8) is 0 Å². The highest BCUT2D eigenvalue weighted by molar-refractivity contribution is 7.15. The van der Waals surface area contributed by atoms with Crippen LogP contribution in [0.4, 0.5) is 5.13 Å².